The van der Waals surface area contributed by atoms with Crippen LogP contribution in [-0.4, -0.2) is 46.8 Å². The molecular weight excluding hydrogens is 482 g/mol. The van der Waals surface area contributed by atoms with Gasteiger partial charge in [-0.15, -0.1) is 0 Å². The fourth-order valence-electron chi connectivity index (χ4n) is 4.11. The number of alkyl carbamates (subject to hydrolysis) is 1. The number of imide groups is 1. The summed E-state index contributed by atoms with van der Waals surface area (Å²) < 4.78 is 5.31. The highest BCUT2D eigenvalue weighted by Crippen LogP contribution is 2.19. The smallest absolute Gasteiger partial charge is 0.408 e. The average Bonchev–Trinajstić information content (AvgIpc) is 2.86. The second-order valence-electron chi connectivity index (χ2n) is 10.9. The maximum absolute atomic E-state index is 13.4. The molecule has 0 bridgehead atoms. The quantitative estimate of drug-likeness (QED) is 0.334. The lowest BCUT2D eigenvalue weighted by Crippen LogP contribution is -2.53. The Hall–Kier alpha value is -3.23. The highest BCUT2D eigenvalue weighted by atomic mass is 16.6. The number of nitrogens with one attached hydrogen (secondary N) is 2. The van der Waals surface area contributed by atoms with Gasteiger partial charge in [-0.05, 0) is 57.1 Å². The van der Waals surface area contributed by atoms with Gasteiger partial charge in [-0.3, -0.25) is 14.9 Å². The average molecular weight is 526 g/mol. The normalized spacial score (nSPS) is 15.4. The number of hydrogen-bond acceptors (Lipinski definition) is 6. The molecule has 3 amide bonds. The zero-order valence-electron chi connectivity index (χ0n) is 23.1. The number of nitrogens with two attached hydrogens (primary N) is 1. The Kier molecular flexibility index (Phi) is 11.9. The Morgan fingerprint density at radius 3 is 1.95 bits per heavy atom. The van der Waals surface area contributed by atoms with Gasteiger partial charge in [0.05, 0.1) is 6.10 Å². The monoisotopic (exact) mass is 525 g/mol. The van der Waals surface area contributed by atoms with Crippen LogP contribution in [0.5, 0.6) is 0 Å². The Bertz CT molecular complexity index is 1020. The molecule has 8 heteroatoms. The van der Waals surface area contributed by atoms with E-state index in [2.05, 4.69) is 10.6 Å². The molecule has 0 spiro atoms. The minimum absolute atomic E-state index is 0.0789. The van der Waals surface area contributed by atoms with Crippen molar-refractivity contribution >= 4 is 17.9 Å². The van der Waals surface area contributed by atoms with Gasteiger partial charge in [0.15, 0.2) is 0 Å². The molecule has 2 rings (SSSR count). The Balaban J connectivity index is 2.15. The summed E-state index contributed by atoms with van der Waals surface area (Å²) in [6, 6.07) is 17.5. The topological polar surface area (TPSA) is 131 Å². The van der Waals surface area contributed by atoms with Crippen molar-refractivity contribution in [2.45, 2.75) is 84.1 Å². The van der Waals surface area contributed by atoms with Crippen molar-refractivity contribution < 1.29 is 24.2 Å². The maximum atomic E-state index is 13.4. The first-order valence-electron chi connectivity index (χ1n) is 13.2. The third-order valence-corrected chi connectivity index (χ3v) is 6.44. The van der Waals surface area contributed by atoms with Crippen LogP contribution in [0, 0.1) is 11.8 Å². The van der Waals surface area contributed by atoms with Crippen LogP contribution in [0.3, 0.4) is 0 Å². The molecule has 0 aliphatic carbocycles. The fourth-order valence-corrected chi connectivity index (χ4v) is 4.11. The number of carbonyl (C=O) groups excluding carboxylic acids is 3. The van der Waals surface area contributed by atoms with Crippen LogP contribution in [0.4, 0.5) is 4.79 Å². The lowest BCUT2D eigenvalue weighted by Gasteiger charge is -2.27. The minimum atomic E-state index is -0.963. The van der Waals surface area contributed by atoms with Crippen molar-refractivity contribution in [2.75, 3.05) is 0 Å². The molecule has 0 radical (unpaired) electrons. The predicted octanol–water partition coefficient (Wildman–Crippen LogP) is 3.75. The van der Waals surface area contributed by atoms with E-state index < -0.39 is 47.6 Å². The molecular formula is C30H43N3O5. The summed E-state index contributed by atoms with van der Waals surface area (Å²) in [6.45, 7) is 8.91. The van der Waals surface area contributed by atoms with Gasteiger partial charge in [-0.2, -0.15) is 0 Å². The van der Waals surface area contributed by atoms with Crippen LogP contribution in [-0.2, 0) is 27.2 Å². The number of benzene rings is 2. The van der Waals surface area contributed by atoms with Crippen LogP contribution in [0.15, 0.2) is 60.7 Å². The maximum Gasteiger partial charge on any atom is 0.408 e. The summed E-state index contributed by atoms with van der Waals surface area (Å²) in [6.07, 6.45) is -0.236. The van der Waals surface area contributed by atoms with Crippen LogP contribution < -0.4 is 16.4 Å². The molecule has 0 aromatic heterocycles. The molecule has 0 saturated carbocycles. The van der Waals surface area contributed by atoms with Gasteiger partial charge in [0.25, 0.3) is 0 Å². The second kappa shape index (κ2) is 14.6. The Morgan fingerprint density at radius 1 is 0.921 bits per heavy atom. The lowest BCUT2D eigenvalue weighted by atomic mass is 9.88. The van der Waals surface area contributed by atoms with Crippen molar-refractivity contribution in [3.63, 3.8) is 0 Å². The van der Waals surface area contributed by atoms with Gasteiger partial charge in [0.1, 0.15) is 11.6 Å². The lowest BCUT2D eigenvalue weighted by molar-refractivity contribution is -0.135. The molecule has 0 aliphatic rings. The van der Waals surface area contributed by atoms with E-state index in [0.717, 1.165) is 11.1 Å². The van der Waals surface area contributed by atoms with E-state index in [0.29, 0.717) is 19.3 Å². The van der Waals surface area contributed by atoms with Crippen LogP contribution >= 0.6 is 0 Å². The van der Waals surface area contributed by atoms with E-state index in [9.17, 15) is 19.5 Å². The number of ether oxygens (including phenoxy) is 1. The molecule has 0 heterocycles. The van der Waals surface area contributed by atoms with Gasteiger partial charge >= 0.3 is 6.09 Å². The zero-order valence-corrected chi connectivity index (χ0v) is 23.1. The van der Waals surface area contributed by atoms with Crippen LogP contribution in [0.2, 0.25) is 0 Å². The summed E-state index contributed by atoms with van der Waals surface area (Å²) >= 11 is 0. The molecule has 2 aromatic rings. The molecule has 5 atom stereocenters. The number of rotatable bonds is 12. The van der Waals surface area contributed by atoms with Gasteiger partial charge < -0.3 is 20.9 Å². The highest BCUT2D eigenvalue weighted by molar-refractivity contribution is 6.00. The van der Waals surface area contributed by atoms with E-state index in [-0.39, 0.29) is 12.3 Å². The van der Waals surface area contributed by atoms with Gasteiger partial charge in [-0.25, -0.2) is 4.79 Å². The Labute approximate surface area is 226 Å². The molecule has 8 nitrogen and oxygen atoms in total. The first-order chi connectivity index (χ1) is 17.9. The fraction of sp³-hybridized carbons (Fsp3) is 0.500. The van der Waals surface area contributed by atoms with Crippen molar-refractivity contribution in [2.24, 2.45) is 17.6 Å². The largest absolute Gasteiger partial charge is 0.444 e. The van der Waals surface area contributed by atoms with E-state index in [1.54, 1.807) is 20.8 Å². The highest BCUT2D eigenvalue weighted by Gasteiger charge is 2.32. The number of amides is 3. The van der Waals surface area contributed by atoms with E-state index >= 15 is 0 Å². The van der Waals surface area contributed by atoms with Gasteiger partial charge in [0, 0.05) is 12.0 Å². The minimum Gasteiger partial charge on any atom is -0.444 e. The molecule has 0 aliphatic heterocycles. The predicted molar refractivity (Wildman–Crippen MR) is 148 cm³/mol. The first-order valence-corrected chi connectivity index (χ1v) is 13.2. The summed E-state index contributed by atoms with van der Waals surface area (Å²) in [5, 5.41) is 16.0. The number of aliphatic hydroxyl groups is 1. The van der Waals surface area contributed by atoms with Crippen molar-refractivity contribution in [3.05, 3.63) is 71.8 Å². The standard InChI is InChI=1S/C30H43N3O5/c1-6-20(2)26(32-29(37)38-30(3,4)5)28(36)33-27(35)23(17-21-13-9-7-10-14-21)19-25(34)24(31)18-22-15-11-8-12-16-22/h7-16,20,23-26,34H,6,17-19,31H2,1-5H3,(H,32,37)(H,33,35,36)/t20-,23?,24-,25-,26+/m0/s1. The van der Waals surface area contributed by atoms with Crippen LogP contribution in [0.25, 0.3) is 0 Å². The second-order valence-corrected chi connectivity index (χ2v) is 10.9. The van der Waals surface area contributed by atoms with E-state index in [1.807, 2.05) is 74.5 Å². The van der Waals surface area contributed by atoms with E-state index in [4.69, 9.17) is 10.5 Å². The summed E-state index contributed by atoms with van der Waals surface area (Å²) in [4.78, 5) is 38.9. The number of aliphatic hydroxyl groups excluding tert-OH is 1. The Morgan fingerprint density at radius 2 is 1.45 bits per heavy atom. The molecule has 38 heavy (non-hydrogen) atoms. The van der Waals surface area contributed by atoms with Crippen molar-refractivity contribution in [1.29, 1.82) is 0 Å². The van der Waals surface area contributed by atoms with Gasteiger partial charge in [0.2, 0.25) is 11.8 Å². The third-order valence-electron chi connectivity index (χ3n) is 6.44. The zero-order chi connectivity index (χ0) is 28.3. The molecule has 1 unspecified atom stereocenters. The van der Waals surface area contributed by atoms with E-state index in [1.165, 1.54) is 0 Å². The summed E-state index contributed by atoms with van der Waals surface area (Å²) in [5.41, 5.74) is 7.45. The van der Waals surface area contributed by atoms with Crippen LogP contribution in [0.1, 0.15) is 58.6 Å². The first kappa shape index (κ1) is 31.0. The molecule has 5 N–H and O–H groups in total. The summed E-state index contributed by atoms with van der Waals surface area (Å²) in [5.74, 6) is -2.09. The molecule has 208 valence electrons. The molecule has 0 saturated heterocycles. The summed E-state index contributed by atoms with van der Waals surface area (Å²) in [7, 11) is 0. The van der Waals surface area contributed by atoms with Crippen molar-refractivity contribution in [1.82, 2.24) is 10.6 Å². The molecule has 2 aromatic carbocycles. The number of carbonyl (C=O) groups is 3. The van der Waals surface area contributed by atoms with Gasteiger partial charge in [-0.1, -0.05) is 80.9 Å². The third kappa shape index (κ3) is 10.6. The number of hydrogen-bond donors (Lipinski definition) is 4. The van der Waals surface area contributed by atoms with Crippen molar-refractivity contribution in [3.8, 4) is 0 Å². The SMILES string of the molecule is CC[C@H](C)[C@@H](NC(=O)OC(C)(C)C)C(=O)NC(=O)C(Cc1ccccc1)C[C@H](O)[C@@H](N)Cc1ccccc1. The molecule has 0 fully saturated rings.